The van der Waals surface area contributed by atoms with Gasteiger partial charge in [-0.05, 0) is 46.7 Å². The maximum atomic E-state index is 12.2. The number of carbonyl (C=O) groups excluding carboxylic acids is 1. The number of fused-ring (bicyclic) bond motifs is 1. The van der Waals surface area contributed by atoms with Crippen LogP contribution >= 0.6 is 34.5 Å². The minimum Gasteiger partial charge on any atom is -0.434 e. The smallest absolute Gasteiger partial charge is 0.347 e. The Labute approximate surface area is 200 Å². The van der Waals surface area contributed by atoms with Crippen LogP contribution in [0.15, 0.2) is 70.0 Å². The normalized spacial score (nSPS) is 13.5. The summed E-state index contributed by atoms with van der Waals surface area (Å²) >= 11 is 14.5. The van der Waals surface area contributed by atoms with E-state index in [0.717, 1.165) is 20.7 Å². The number of allylic oxidation sites excluding steroid dienone is 1. The Balaban J connectivity index is 1.53. The molecule has 164 valence electrons. The highest BCUT2D eigenvalue weighted by Crippen LogP contribution is 2.41. The summed E-state index contributed by atoms with van der Waals surface area (Å²) in [6, 6.07) is 11.6. The van der Waals surface area contributed by atoms with Crippen LogP contribution in [0.2, 0.25) is 10.0 Å². The van der Waals surface area contributed by atoms with Crippen molar-refractivity contribution in [3.8, 4) is 22.8 Å². The van der Waals surface area contributed by atoms with Gasteiger partial charge in [-0.1, -0.05) is 35.8 Å². The van der Waals surface area contributed by atoms with E-state index in [9.17, 15) is 9.59 Å². The quantitative estimate of drug-likeness (QED) is 0.373. The summed E-state index contributed by atoms with van der Waals surface area (Å²) in [6.07, 6.45) is 1.40. The van der Waals surface area contributed by atoms with Crippen molar-refractivity contribution in [1.82, 2.24) is 15.5 Å². The van der Waals surface area contributed by atoms with Gasteiger partial charge in [0.1, 0.15) is 0 Å². The Kier molecular flexibility index (Phi) is 5.37. The number of carbonyl (C=O) groups is 1. The van der Waals surface area contributed by atoms with Gasteiger partial charge in [-0.15, -0.1) is 16.4 Å². The number of ether oxygens (including phenoxy) is 1. The standard InChI is InChI=1S/C22H13Cl2N5O3S/c1-11-10-25-29(22(31)26-11)14-7-16(23)20(17(24)8-14)32-21-15(9-19(30)27-28-21)12-2-3-18-13(6-12)4-5-33-18/h2-10H,1H2,(H,26,31)(H,27,30). The number of nitrogens with zero attached hydrogens (tertiary/aromatic N) is 3. The topological polar surface area (TPSA) is 99.7 Å². The highest BCUT2D eigenvalue weighted by atomic mass is 35.5. The third-order valence-electron chi connectivity index (χ3n) is 4.75. The lowest BCUT2D eigenvalue weighted by atomic mass is 10.1. The summed E-state index contributed by atoms with van der Waals surface area (Å²) in [7, 11) is 0. The second-order valence-corrected chi connectivity index (χ2v) is 8.74. The van der Waals surface area contributed by atoms with Gasteiger partial charge in [0.2, 0.25) is 5.88 Å². The zero-order chi connectivity index (χ0) is 23.1. The lowest BCUT2D eigenvalue weighted by molar-refractivity contribution is 0.248. The molecule has 0 radical (unpaired) electrons. The van der Waals surface area contributed by atoms with Crippen LogP contribution in [0.3, 0.4) is 0 Å². The molecule has 11 heteroatoms. The minimum absolute atomic E-state index is 0.116. The van der Waals surface area contributed by atoms with Gasteiger partial charge in [-0.25, -0.2) is 9.89 Å². The summed E-state index contributed by atoms with van der Waals surface area (Å²) in [5, 5.41) is 17.4. The predicted octanol–water partition coefficient (Wildman–Crippen LogP) is 5.78. The molecule has 4 aromatic rings. The van der Waals surface area contributed by atoms with Crippen LogP contribution in [0.25, 0.3) is 21.2 Å². The highest BCUT2D eigenvalue weighted by molar-refractivity contribution is 7.17. The fourth-order valence-electron chi connectivity index (χ4n) is 3.26. The van der Waals surface area contributed by atoms with Crippen molar-refractivity contribution in [3.63, 3.8) is 0 Å². The van der Waals surface area contributed by atoms with Gasteiger partial charge in [0.25, 0.3) is 5.56 Å². The van der Waals surface area contributed by atoms with Gasteiger partial charge in [0.05, 0.1) is 33.2 Å². The molecule has 8 nitrogen and oxygen atoms in total. The molecule has 3 heterocycles. The number of benzene rings is 2. The van der Waals surface area contributed by atoms with Crippen molar-refractivity contribution in [2.45, 2.75) is 0 Å². The third-order valence-corrected chi connectivity index (χ3v) is 6.21. The molecular weight excluding hydrogens is 485 g/mol. The van der Waals surface area contributed by atoms with Crippen LogP contribution in [0, 0.1) is 0 Å². The van der Waals surface area contributed by atoms with E-state index in [1.54, 1.807) is 11.3 Å². The summed E-state index contributed by atoms with van der Waals surface area (Å²) in [6.45, 7) is 3.63. The van der Waals surface area contributed by atoms with Gasteiger partial charge in [-0.2, -0.15) is 10.1 Å². The fraction of sp³-hybridized carbons (Fsp3) is 0. The van der Waals surface area contributed by atoms with Crippen molar-refractivity contribution in [3.05, 3.63) is 80.5 Å². The molecule has 2 N–H and O–H groups in total. The zero-order valence-electron chi connectivity index (χ0n) is 16.6. The molecule has 1 aliphatic rings. The number of rotatable bonds is 4. The predicted molar refractivity (Wildman–Crippen MR) is 131 cm³/mol. The van der Waals surface area contributed by atoms with E-state index >= 15 is 0 Å². The Hall–Kier alpha value is -3.66. The summed E-state index contributed by atoms with van der Waals surface area (Å²) in [4.78, 5) is 24.2. The van der Waals surface area contributed by atoms with Crippen molar-refractivity contribution in [2.24, 2.45) is 5.10 Å². The SMILES string of the molecule is C=C1C=NN(c2cc(Cl)c(Oc3n[nH]c(=O)cc3-c3ccc4sccc4c3)c(Cl)c2)C(=O)N1. The molecule has 5 rings (SSSR count). The molecule has 2 amide bonds. The van der Waals surface area contributed by atoms with E-state index in [2.05, 4.69) is 27.2 Å². The molecule has 0 bridgehead atoms. The Morgan fingerprint density at radius 3 is 2.61 bits per heavy atom. The van der Waals surface area contributed by atoms with Crippen LogP contribution < -0.4 is 20.6 Å². The van der Waals surface area contributed by atoms with Crippen LogP contribution in [0.1, 0.15) is 0 Å². The number of hydrogen-bond donors (Lipinski definition) is 2. The Morgan fingerprint density at radius 1 is 1.06 bits per heavy atom. The molecule has 0 saturated heterocycles. The molecule has 0 saturated carbocycles. The molecule has 2 aromatic carbocycles. The molecule has 0 atom stereocenters. The minimum atomic E-state index is -0.503. The molecule has 0 fully saturated rings. The van der Waals surface area contributed by atoms with Gasteiger partial charge < -0.3 is 10.1 Å². The van der Waals surface area contributed by atoms with Crippen molar-refractivity contribution >= 4 is 62.6 Å². The van der Waals surface area contributed by atoms with Gasteiger partial charge in [-0.3, -0.25) is 4.79 Å². The van der Waals surface area contributed by atoms with Gasteiger partial charge in [0.15, 0.2) is 5.75 Å². The second kappa shape index (κ2) is 8.36. The van der Waals surface area contributed by atoms with Gasteiger partial charge >= 0.3 is 6.03 Å². The number of thiophene rings is 1. The maximum Gasteiger partial charge on any atom is 0.347 e. The number of hydrazone groups is 1. The molecule has 0 spiro atoms. The fourth-order valence-corrected chi connectivity index (χ4v) is 4.58. The zero-order valence-corrected chi connectivity index (χ0v) is 19.0. The maximum absolute atomic E-state index is 12.2. The lowest BCUT2D eigenvalue weighted by Crippen LogP contribution is -2.40. The van der Waals surface area contributed by atoms with Crippen molar-refractivity contribution < 1.29 is 9.53 Å². The van der Waals surface area contributed by atoms with Crippen LogP contribution in [0.4, 0.5) is 10.5 Å². The van der Waals surface area contributed by atoms with E-state index in [-0.39, 0.29) is 27.2 Å². The van der Waals surface area contributed by atoms with E-state index in [1.165, 1.54) is 24.4 Å². The Morgan fingerprint density at radius 2 is 1.85 bits per heavy atom. The number of aromatic nitrogens is 2. The van der Waals surface area contributed by atoms with Crippen LogP contribution in [-0.4, -0.2) is 22.4 Å². The average Bonchev–Trinajstić information content (AvgIpc) is 3.25. The number of amides is 2. The first kappa shape index (κ1) is 21.2. The number of hydrogen-bond acceptors (Lipinski definition) is 6. The van der Waals surface area contributed by atoms with E-state index < -0.39 is 6.03 Å². The first-order chi connectivity index (χ1) is 15.9. The van der Waals surface area contributed by atoms with Crippen LogP contribution in [-0.2, 0) is 0 Å². The van der Waals surface area contributed by atoms with Crippen molar-refractivity contribution in [2.75, 3.05) is 5.01 Å². The van der Waals surface area contributed by atoms with E-state index in [1.807, 2.05) is 29.6 Å². The number of H-pyrrole nitrogens is 1. The molecule has 33 heavy (non-hydrogen) atoms. The number of urea groups is 1. The Bertz CT molecular complexity index is 1500. The number of anilines is 1. The van der Waals surface area contributed by atoms with Crippen molar-refractivity contribution in [1.29, 1.82) is 0 Å². The molecule has 2 aromatic heterocycles. The lowest BCUT2D eigenvalue weighted by Gasteiger charge is -2.22. The molecule has 0 aliphatic carbocycles. The van der Waals surface area contributed by atoms with E-state index in [0.29, 0.717) is 16.9 Å². The first-order valence-corrected chi connectivity index (χ1v) is 11.1. The highest BCUT2D eigenvalue weighted by Gasteiger charge is 2.23. The third kappa shape index (κ3) is 4.09. The molecule has 1 aliphatic heterocycles. The average molecular weight is 498 g/mol. The second-order valence-electron chi connectivity index (χ2n) is 6.98. The largest absolute Gasteiger partial charge is 0.434 e. The summed E-state index contributed by atoms with van der Waals surface area (Å²) in [5.41, 5.74) is 1.53. The summed E-state index contributed by atoms with van der Waals surface area (Å²) < 4.78 is 7.07. The molecular formula is C22H13Cl2N5O3S. The number of aromatic amines is 1. The first-order valence-electron chi connectivity index (χ1n) is 9.47. The van der Waals surface area contributed by atoms with Gasteiger partial charge in [0, 0.05) is 10.8 Å². The van der Waals surface area contributed by atoms with E-state index in [4.69, 9.17) is 27.9 Å². The number of halogens is 2. The summed E-state index contributed by atoms with van der Waals surface area (Å²) in [5.74, 6) is 0.232. The van der Waals surface area contributed by atoms with Crippen LogP contribution in [0.5, 0.6) is 11.6 Å². The monoisotopic (exact) mass is 497 g/mol. The number of nitrogens with one attached hydrogen (secondary N) is 2. The molecule has 0 unspecified atom stereocenters.